The molecule has 0 bridgehead atoms. The fourth-order valence-electron chi connectivity index (χ4n) is 3.73. The van der Waals surface area contributed by atoms with Crippen LogP contribution in [0.5, 0.6) is 0 Å². The minimum Gasteiger partial charge on any atom is -0.444 e. The minimum absolute atomic E-state index is 0.0621. The number of benzene rings is 2. The molecule has 0 aliphatic heterocycles. The predicted octanol–water partition coefficient (Wildman–Crippen LogP) is 10.1. The van der Waals surface area contributed by atoms with Crippen LogP contribution in [0.25, 0.3) is 6.08 Å². The van der Waals surface area contributed by atoms with E-state index < -0.39 is 52.3 Å². The lowest BCUT2D eigenvalue weighted by molar-refractivity contribution is -0.139. The summed E-state index contributed by atoms with van der Waals surface area (Å²) in [6.07, 6.45) is -9.39. The highest BCUT2D eigenvalue weighted by atomic mass is 35.5. The molecule has 41 heavy (non-hydrogen) atoms. The van der Waals surface area contributed by atoms with E-state index in [-0.39, 0.29) is 39.2 Å². The van der Waals surface area contributed by atoms with Crippen LogP contribution in [0.3, 0.4) is 0 Å². The largest absolute Gasteiger partial charge is 0.444 e. The van der Waals surface area contributed by atoms with Gasteiger partial charge in [0.25, 0.3) is 0 Å². The normalized spacial score (nSPS) is 13.8. The minimum atomic E-state index is -4.98. The third kappa shape index (κ3) is 10.4. The van der Waals surface area contributed by atoms with Gasteiger partial charge < -0.3 is 10.1 Å². The molecule has 1 atom stereocenters. The molecular formula is C28H28Cl3F6NO3. The van der Waals surface area contributed by atoms with Gasteiger partial charge in [-0.15, -0.1) is 0 Å². The van der Waals surface area contributed by atoms with Crippen LogP contribution in [0.4, 0.5) is 31.1 Å². The molecule has 0 aliphatic carbocycles. The van der Waals surface area contributed by atoms with Crippen LogP contribution in [-0.2, 0) is 10.9 Å². The number of Topliss-reactive ketones (excluding diaryl/α,β-unsaturated/α-hetero) is 1. The summed E-state index contributed by atoms with van der Waals surface area (Å²) < 4.78 is 88.4. The molecule has 0 heterocycles. The van der Waals surface area contributed by atoms with Crippen molar-refractivity contribution in [2.75, 3.05) is 6.54 Å². The summed E-state index contributed by atoms with van der Waals surface area (Å²) in [6, 6.07) is 4.58. The molecule has 2 rings (SSSR count). The lowest BCUT2D eigenvalue weighted by Crippen LogP contribution is -2.38. The van der Waals surface area contributed by atoms with Crippen molar-refractivity contribution < 1.29 is 40.7 Å². The lowest BCUT2D eigenvalue weighted by atomic mass is 9.84. The third-order valence-corrected chi connectivity index (χ3v) is 6.79. The number of carbonyl (C=O) groups is 2. The Hall–Kier alpha value is -2.43. The molecule has 2 aromatic carbocycles. The Bertz CT molecular complexity index is 1290. The van der Waals surface area contributed by atoms with Gasteiger partial charge in [-0.25, -0.2) is 4.79 Å². The number of ether oxygens (including phenoxy) is 1. The molecule has 1 amide bonds. The predicted molar refractivity (Wildman–Crippen MR) is 148 cm³/mol. The van der Waals surface area contributed by atoms with Crippen molar-refractivity contribution in [2.45, 2.75) is 64.9 Å². The van der Waals surface area contributed by atoms with Gasteiger partial charge in [0.15, 0.2) is 5.78 Å². The molecule has 0 radical (unpaired) electrons. The Morgan fingerprint density at radius 2 is 1.49 bits per heavy atom. The molecule has 4 nitrogen and oxygen atoms in total. The standard InChI is InChI=1S/C28H28Cl3F6NO3/c1-25(2,3)41-24(40)38-14-26(4,5)13-22(39)17-8-6-15(10-19(17)28(35,36)37)7-9-18(27(32,33)34)16-11-20(29)23(31)21(30)12-16/h6-12,18H,13-14H2,1-5H3,(H,38,40)/b9-7+. The van der Waals surface area contributed by atoms with Crippen LogP contribution >= 0.6 is 34.8 Å². The number of alkyl carbamates (subject to hydrolysis) is 1. The summed E-state index contributed by atoms with van der Waals surface area (Å²) in [6.45, 7) is 8.08. The smallest absolute Gasteiger partial charge is 0.417 e. The molecular weight excluding hydrogens is 619 g/mol. The summed E-state index contributed by atoms with van der Waals surface area (Å²) in [4.78, 5) is 24.9. The molecule has 0 saturated carbocycles. The molecule has 0 aromatic heterocycles. The van der Waals surface area contributed by atoms with Gasteiger partial charge in [-0.1, -0.05) is 72.9 Å². The van der Waals surface area contributed by atoms with Crippen molar-refractivity contribution in [1.29, 1.82) is 0 Å². The first-order chi connectivity index (χ1) is 18.5. The zero-order chi connectivity index (χ0) is 31.6. The van der Waals surface area contributed by atoms with E-state index in [0.717, 1.165) is 30.3 Å². The highest BCUT2D eigenvalue weighted by Crippen LogP contribution is 2.41. The number of hydrogen-bond donors (Lipinski definition) is 1. The van der Waals surface area contributed by atoms with Crippen molar-refractivity contribution in [3.8, 4) is 0 Å². The molecule has 0 saturated heterocycles. The number of nitrogens with one attached hydrogen (secondary N) is 1. The monoisotopic (exact) mass is 645 g/mol. The maximum absolute atomic E-state index is 13.9. The maximum Gasteiger partial charge on any atom is 0.417 e. The molecule has 1 N–H and O–H groups in total. The highest BCUT2D eigenvalue weighted by molar-refractivity contribution is 6.48. The van der Waals surface area contributed by atoms with Crippen molar-refractivity contribution in [3.63, 3.8) is 0 Å². The van der Waals surface area contributed by atoms with Crippen molar-refractivity contribution >= 4 is 52.8 Å². The van der Waals surface area contributed by atoms with Crippen LogP contribution in [0.1, 0.15) is 74.0 Å². The Balaban J connectivity index is 2.35. The maximum atomic E-state index is 13.9. The molecule has 0 aliphatic rings. The van der Waals surface area contributed by atoms with Gasteiger partial charge in [-0.2, -0.15) is 26.3 Å². The Morgan fingerprint density at radius 1 is 0.927 bits per heavy atom. The second-order valence-corrected chi connectivity index (χ2v) is 12.3. The van der Waals surface area contributed by atoms with Crippen LogP contribution in [-0.4, -0.2) is 30.2 Å². The van der Waals surface area contributed by atoms with Crippen molar-refractivity contribution in [3.05, 3.63) is 73.7 Å². The Morgan fingerprint density at radius 3 is 1.98 bits per heavy atom. The number of allylic oxidation sites excluding steroid dienone is 1. The average molecular weight is 647 g/mol. The van der Waals surface area contributed by atoms with E-state index in [2.05, 4.69) is 5.32 Å². The Labute approximate surface area is 249 Å². The molecule has 13 heteroatoms. The number of hydrogen-bond acceptors (Lipinski definition) is 3. The quantitative estimate of drug-likeness (QED) is 0.176. The molecule has 1 unspecified atom stereocenters. The van der Waals surface area contributed by atoms with E-state index in [9.17, 15) is 35.9 Å². The number of carbonyl (C=O) groups excluding carboxylic acids is 2. The SMILES string of the molecule is CC(C)(CNC(=O)OC(C)(C)C)CC(=O)c1ccc(/C=C/C(c2cc(Cl)c(Cl)c(Cl)c2)C(F)(F)F)cc1C(F)(F)F. The average Bonchev–Trinajstić information content (AvgIpc) is 2.78. The van der Waals surface area contributed by atoms with Gasteiger partial charge in [0.05, 0.1) is 26.5 Å². The molecule has 226 valence electrons. The second-order valence-electron chi connectivity index (χ2n) is 11.1. The Kier molecular flexibility index (Phi) is 10.9. The first kappa shape index (κ1) is 34.8. The number of alkyl halides is 6. The lowest BCUT2D eigenvalue weighted by Gasteiger charge is -2.26. The van der Waals surface area contributed by atoms with Gasteiger partial charge in [-0.3, -0.25) is 4.79 Å². The summed E-state index contributed by atoms with van der Waals surface area (Å²) in [7, 11) is 0. The van der Waals surface area contributed by atoms with Gasteiger partial charge in [0.1, 0.15) is 5.60 Å². The van der Waals surface area contributed by atoms with E-state index in [1.807, 2.05) is 0 Å². The third-order valence-electron chi connectivity index (χ3n) is 5.60. The van der Waals surface area contributed by atoms with E-state index in [1.54, 1.807) is 34.6 Å². The van der Waals surface area contributed by atoms with Crippen LogP contribution in [0, 0.1) is 5.41 Å². The topological polar surface area (TPSA) is 55.4 Å². The van der Waals surface area contributed by atoms with Gasteiger partial charge in [-0.05, 0) is 55.5 Å². The first-order valence-corrected chi connectivity index (χ1v) is 13.2. The van der Waals surface area contributed by atoms with Gasteiger partial charge in [0.2, 0.25) is 0 Å². The van der Waals surface area contributed by atoms with Gasteiger partial charge in [0, 0.05) is 18.5 Å². The number of halogens is 9. The van der Waals surface area contributed by atoms with Crippen LogP contribution < -0.4 is 5.32 Å². The molecule has 0 spiro atoms. The number of ketones is 1. The van der Waals surface area contributed by atoms with E-state index in [1.165, 1.54) is 0 Å². The van der Waals surface area contributed by atoms with Gasteiger partial charge >= 0.3 is 18.4 Å². The summed E-state index contributed by atoms with van der Waals surface area (Å²) in [5, 5.41) is 1.92. The first-order valence-electron chi connectivity index (χ1n) is 12.1. The number of amides is 1. The van der Waals surface area contributed by atoms with E-state index >= 15 is 0 Å². The zero-order valence-electron chi connectivity index (χ0n) is 22.7. The van der Waals surface area contributed by atoms with Crippen molar-refractivity contribution in [1.82, 2.24) is 5.32 Å². The van der Waals surface area contributed by atoms with E-state index in [4.69, 9.17) is 39.5 Å². The molecule has 0 fully saturated rings. The fraction of sp³-hybridized carbons (Fsp3) is 0.429. The summed E-state index contributed by atoms with van der Waals surface area (Å²) in [5.41, 5.74) is -4.25. The second kappa shape index (κ2) is 12.8. The summed E-state index contributed by atoms with van der Waals surface area (Å²) >= 11 is 17.5. The zero-order valence-corrected chi connectivity index (χ0v) is 24.9. The van der Waals surface area contributed by atoms with Crippen LogP contribution in [0.15, 0.2) is 36.4 Å². The van der Waals surface area contributed by atoms with E-state index in [0.29, 0.717) is 12.1 Å². The molecule has 2 aromatic rings. The highest BCUT2D eigenvalue weighted by Gasteiger charge is 2.40. The van der Waals surface area contributed by atoms with Crippen molar-refractivity contribution in [2.24, 2.45) is 5.41 Å². The fourth-order valence-corrected chi connectivity index (χ4v) is 4.35. The summed E-state index contributed by atoms with van der Waals surface area (Å²) in [5.74, 6) is -3.12. The van der Waals surface area contributed by atoms with Crippen LogP contribution in [0.2, 0.25) is 15.1 Å². The number of rotatable bonds is 8.